The van der Waals surface area contributed by atoms with Crippen molar-refractivity contribution in [2.24, 2.45) is 0 Å². The molecule has 30 heavy (non-hydrogen) atoms. The van der Waals surface area contributed by atoms with Gasteiger partial charge < -0.3 is 5.32 Å². The van der Waals surface area contributed by atoms with E-state index in [9.17, 15) is 28.1 Å². The number of anilines is 1. The van der Waals surface area contributed by atoms with Gasteiger partial charge >= 0.3 is 6.18 Å². The van der Waals surface area contributed by atoms with E-state index in [0.29, 0.717) is 22.0 Å². The first-order valence-corrected chi connectivity index (χ1v) is 9.85. The summed E-state index contributed by atoms with van der Waals surface area (Å²) in [5.41, 5.74) is -1.49. The van der Waals surface area contributed by atoms with Crippen LogP contribution in [0, 0.1) is 28.4 Å². The Hall–Kier alpha value is -3.24. The molecule has 3 aromatic rings. The Morgan fingerprint density at radius 1 is 1.37 bits per heavy atom. The molecule has 2 heterocycles. The van der Waals surface area contributed by atoms with Crippen LogP contribution in [0.2, 0.25) is 0 Å². The van der Waals surface area contributed by atoms with Crippen molar-refractivity contribution in [1.82, 2.24) is 9.97 Å². The maximum atomic E-state index is 13.1. The van der Waals surface area contributed by atoms with Gasteiger partial charge in [-0.1, -0.05) is 23.1 Å². The van der Waals surface area contributed by atoms with Gasteiger partial charge in [-0.05, 0) is 19.1 Å². The number of nitro benzene ring substituents is 1. The number of nitrogens with one attached hydrogen (secondary N) is 1. The van der Waals surface area contributed by atoms with Crippen LogP contribution < -0.4 is 5.32 Å². The highest BCUT2D eigenvalue weighted by Crippen LogP contribution is 2.36. The molecule has 8 nitrogen and oxygen atoms in total. The fourth-order valence-corrected chi connectivity index (χ4v) is 4.16. The molecule has 0 bridgehead atoms. The van der Waals surface area contributed by atoms with Crippen molar-refractivity contribution in [1.29, 1.82) is 5.26 Å². The molecular weight excluding hydrogens is 443 g/mol. The van der Waals surface area contributed by atoms with Gasteiger partial charge in [0.15, 0.2) is 5.13 Å². The summed E-state index contributed by atoms with van der Waals surface area (Å²) in [4.78, 5) is 30.5. The zero-order valence-electron chi connectivity index (χ0n) is 15.0. The highest BCUT2D eigenvalue weighted by Gasteiger charge is 2.35. The third kappa shape index (κ3) is 4.66. The summed E-state index contributed by atoms with van der Waals surface area (Å²) < 4.78 is 40.1. The summed E-state index contributed by atoms with van der Waals surface area (Å²) >= 11 is 1.79. The molecule has 1 aromatic carbocycles. The number of nitrogens with zero attached hydrogens (tertiary/aromatic N) is 4. The number of halogens is 3. The van der Waals surface area contributed by atoms with Gasteiger partial charge in [0.25, 0.3) is 5.69 Å². The number of hydrogen-bond donors (Lipinski definition) is 1. The topological polar surface area (TPSA) is 122 Å². The lowest BCUT2D eigenvalue weighted by molar-refractivity contribution is -0.384. The van der Waals surface area contributed by atoms with Crippen LogP contribution in [0.25, 0.3) is 10.2 Å². The first-order valence-electron chi connectivity index (χ1n) is 8.05. The molecule has 0 saturated carbocycles. The molecule has 13 heteroatoms. The molecular formula is C17H10F3N5O3S2. The van der Waals surface area contributed by atoms with Gasteiger partial charge in [-0.2, -0.15) is 18.4 Å². The summed E-state index contributed by atoms with van der Waals surface area (Å²) in [5.74, 6) is -0.882. The Morgan fingerprint density at radius 3 is 2.73 bits per heavy atom. The number of pyridine rings is 1. The van der Waals surface area contributed by atoms with Gasteiger partial charge in [-0.3, -0.25) is 14.9 Å². The van der Waals surface area contributed by atoms with Crippen LogP contribution in [-0.4, -0.2) is 26.6 Å². The first kappa shape index (κ1) is 21.5. The predicted molar refractivity (Wildman–Crippen MR) is 104 cm³/mol. The minimum atomic E-state index is -4.72. The number of carbonyl (C=O) groups is 1. The molecule has 2 aromatic heterocycles. The lowest BCUT2D eigenvalue weighted by Gasteiger charge is -2.12. The Morgan fingerprint density at radius 2 is 2.10 bits per heavy atom. The zero-order chi connectivity index (χ0) is 22.1. The third-order valence-electron chi connectivity index (χ3n) is 3.70. The van der Waals surface area contributed by atoms with E-state index in [2.05, 4.69) is 15.3 Å². The number of aryl methyl sites for hydroxylation is 1. The second-order valence-corrected chi connectivity index (χ2v) is 7.86. The highest BCUT2D eigenvalue weighted by molar-refractivity contribution is 8.00. The quantitative estimate of drug-likeness (QED) is 0.342. The third-order valence-corrected chi connectivity index (χ3v) is 5.63. The van der Waals surface area contributed by atoms with Gasteiger partial charge in [-0.25, -0.2) is 9.97 Å². The Balaban J connectivity index is 1.75. The Bertz CT molecular complexity index is 1200. The summed E-state index contributed by atoms with van der Waals surface area (Å²) in [6, 6.07) is 6.37. The van der Waals surface area contributed by atoms with E-state index in [1.165, 1.54) is 31.2 Å². The van der Waals surface area contributed by atoms with Crippen molar-refractivity contribution in [3.8, 4) is 6.07 Å². The first-order chi connectivity index (χ1) is 14.1. The number of hydrogen-bond acceptors (Lipinski definition) is 8. The van der Waals surface area contributed by atoms with E-state index >= 15 is 0 Å². The molecule has 0 aliphatic carbocycles. The van der Waals surface area contributed by atoms with Gasteiger partial charge in [0.2, 0.25) is 5.91 Å². The largest absolute Gasteiger partial charge is 0.417 e. The lowest BCUT2D eigenvalue weighted by atomic mass is 10.1. The number of non-ortho nitro benzene ring substituents is 1. The smallest absolute Gasteiger partial charge is 0.301 e. The van der Waals surface area contributed by atoms with Crippen LogP contribution in [-0.2, 0) is 11.0 Å². The number of fused-ring (bicyclic) bond motifs is 1. The van der Waals surface area contributed by atoms with Crippen molar-refractivity contribution in [3.63, 3.8) is 0 Å². The van der Waals surface area contributed by atoms with E-state index < -0.39 is 28.1 Å². The van der Waals surface area contributed by atoms with Crippen molar-refractivity contribution in [3.05, 3.63) is 51.2 Å². The van der Waals surface area contributed by atoms with Crippen molar-refractivity contribution >= 4 is 50.0 Å². The minimum absolute atomic E-state index is 0.0667. The van der Waals surface area contributed by atoms with Crippen molar-refractivity contribution in [2.75, 3.05) is 11.1 Å². The van der Waals surface area contributed by atoms with E-state index in [-0.39, 0.29) is 27.3 Å². The second-order valence-electron chi connectivity index (χ2n) is 5.87. The fourth-order valence-electron chi connectivity index (χ4n) is 2.45. The molecule has 0 spiro atoms. The number of thiazole rings is 1. The van der Waals surface area contributed by atoms with E-state index in [0.717, 1.165) is 17.4 Å². The van der Waals surface area contributed by atoms with Crippen LogP contribution in [0.5, 0.6) is 0 Å². The molecule has 0 aliphatic rings. The summed E-state index contributed by atoms with van der Waals surface area (Å²) in [6.07, 6.45) is -4.72. The molecule has 0 aliphatic heterocycles. The number of aromatic nitrogens is 2. The van der Waals surface area contributed by atoms with Gasteiger partial charge in [-0.15, -0.1) is 0 Å². The van der Waals surface area contributed by atoms with E-state index in [1.54, 1.807) is 0 Å². The Kier molecular flexibility index (Phi) is 5.90. The number of nitro groups is 1. The molecule has 0 fully saturated rings. The highest BCUT2D eigenvalue weighted by atomic mass is 32.2. The predicted octanol–water partition coefficient (Wildman–Crippen LogP) is 4.53. The monoisotopic (exact) mass is 453 g/mol. The maximum absolute atomic E-state index is 13.1. The summed E-state index contributed by atoms with van der Waals surface area (Å²) in [5, 5.41) is 22.4. The number of rotatable bonds is 5. The lowest BCUT2D eigenvalue weighted by Crippen LogP contribution is -2.15. The van der Waals surface area contributed by atoms with Crippen LogP contribution in [0.3, 0.4) is 0 Å². The number of carbonyl (C=O) groups excluding carboxylic acids is 1. The SMILES string of the molecule is Cc1cc(C(F)(F)F)c(C#N)c(SCC(=O)Nc2nc3cc([N+](=O)[O-])ccc3s2)n1. The molecule has 1 N–H and O–H groups in total. The standard InChI is InChI=1S/C17H10F3N5O3S2/c1-8-4-11(17(18,19)20)10(6-21)15(22-8)29-7-14(26)24-16-23-12-5-9(25(27)28)2-3-13(12)30-16/h2-5H,7H2,1H3,(H,23,24,26). The minimum Gasteiger partial charge on any atom is -0.301 e. The molecule has 1 amide bonds. The Labute approximate surface area is 174 Å². The summed E-state index contributed by atoms with van der Waals surface area (Å²) in [6.45, 7) is 1.36. The zero-order valence-corrected chi connectivity index (χ0v) is 16.6. The fraction of sp³-hybridized carbons (Fsp3) is 0.176. The number of thioether (sulfide) groups is 1. The number of benzene rings is 1. The average molecular weight is 453 g/mol. The number of alkyl halides is 3. The van der Waals surface area contributed by atoms with E-state index in [1.807, 2.05) is 0 Å². The summed E-state index contributed by atoms with van der Waals surface area (Å²) in [7, 11) is 0. The van der Waals surface area contributed by atoms with E-state index in [4.69, 9.17) is 5.26 Å². The average Bonchev–Trinajstić information content (AvgIpc) is 3.06. The molecule has 0 atom stereocenters. The van der Waals surface area contributed by atoms with Crippen LogP contribution in [0.4, 0.5) is 24.0 Å². The van der Waals surface area contributed by atoms with Gasteiger partial charge in [0.05, 0.1) is 32.0 Å². The van der Waals surface area contributed by atoms with Crippen LogP contribution in [0.15, 0.2) is 29.3 Å². The molecule has 154 valence electrons. The number of nitriles is 1. The van der Waals surface area contributed by atoms with Gasteiger partial charge in [0.1, 0.15) is 11.1 Å². The van der Waals surface area contributed by atoms with Gasteiger partial charge in [0, 0.05) is 17.8 Å². The number of amides is 1. The molecule has 0 radical (unpaired) electrons. The molecule has 0 unspecified atom stereocenters. The maximum Gasteiger partial charge on any atom is 0.417 e. The van der Waals surface area contributed by atoms with Crippen molar-refractivity contribution < 1.29 is 22.9 Å². The molecule has 3 rings (SSSR count). The second kappa shape index (κ2) is 8.25. The van der Waals surface area contributed by atoms with Crippen molar-refractivity contribution in [2.45, 2.75) is 18.1 Å². The molecule has 0 saturated heterocycles. The normalized spacial score (nSPS) is 11.3. The van der Waals surface area contributed by atoms with Crippen LogP contribution >= 0.6 is 23.1 Å². The van der Waals surface area contributed by atoms with Crippen LogP contribution in [0.1, 0.15) is 16.8 Å².